The summed E-state index contributed by atoms with van der Waals surface area (Å²) in [7, 11) is 1.54. The highest BCUT2D eigenvalue weighted by Gasteiger charge is 2.16. The zero-order valence-corrected chi connectivity index (χ0v) is 14.1. The zero-order valence-electron chi connectivity index (χ0n) is 14.1. The van der Waals surface area contributed by atoms with Gasteiger partial charge >= 0.3 is 0 Å². The molecule has 0 aliphatic carbocycles. The van der Waals surface area contributed by atoms with Crippen LogP contribution in [0.4, 0.5) is 0 Å². The lowest BCUT2D eigenvalue weighted by molar-refractivity contribution is 0.0934. The second kappa shape index (κ2) is 6.86. The average molecular weight is 341 g/mol. The maximum absolute atomic E-state index is 12.8. The first kappa shape index (κ1) is 16.8. The van der Waals surface area contributed by atoms with Crippen molar-refractivity contribution in [1.29, 1.82) is 5.41 Å². The Balaban J connectivity index is 2.27. The summed E-state index contributed by atoms with van der Waals surface area (Å²) >= 11 is 0. The van der Waals surface area contributed by atoms with Crippen molar-refractivity contribution in [2.24, 2.45) is 0 Å². The van der Waals surface area contributed by atoms with Gasteiger partial charge in [0.25, 0.3) is 11.5 Å². The number of aromatic nitrogens is 3. The molecule has 2 N–H and O–H groups in total. The van der Waals surface area contributed by atoms with Crippen LogP contribution in [0.1, 0.15) is 17.3 Å². The first-order chi connectivity index (χ1) is 12.1. The van der Waals surface area contributed by atoms with E-state index in [2.05, 4.69) is 10.3 Å². The molecular weight excluding hydrogens is 322 g/mol. The van der Waals surface area contributed by atoms with Crippen LogP contribution in [-0.4, -0.2) is 40.1 Å². The number of nitrogens with one attached hydrogen (secondary N) is 2. The number of pyridine rings is 2. The van der Waals surface area contributed by atoms with Crippen molar-refractivity contribution in [1.82, 2.24) is 19.3 Å². The standard InChI is InChI=1S/C17H19N5O3/c1-3-21-14(18)11(16(23)19-7-9-25-2)10-12-15(21)20-13-6-4-5-8-22(13)17(12)24/h4-6,8,10,18H,3,7,9H2,1-2H3,(H,19,23). The Morgan fingerprint density at radius 1 is 1.40 bits per heavy atom. The minimum absolute atomic E-state index is 0.0251. The van der Waals surface area contributed by atoms with Gasteiger partial charge in [-0.25, -0.2) is 4.98 Å². The quantitative estimate of drug-likeness (QED) is 0.522. The molecule has 3 aromatic rings. The van der Waals surface area contributed by atoms with Gasteiger partial charge in [-0.3, -0.25) is 19.4 Å². The summed E-state index contributed by atoms with van der Waals surface area (Å²) in [6.07, 6.45) is 1.63. The van der Waals surface area contributed by atoms with E-state index in [4.69, 9.17) is 10.1 Å². The van der Waals surface area contributed by atoms with Crippen molar-refractivity contribution in [3.63, 3.8) is 0 Å². The Kier molecular flexibility index (Phi) is 4.62. The van der Waals surface area contributed by atoms with Gasteiger partial charge in [0.05, 0.1) is 17.6 Å². The third-order valence-electron chi connectivity index (χ3n) is 3.97. The molecule has 0 atom stereocenters. The number of aryl methyl sites for hydroxylation is 1. The first-order valence-electron chi connectivity index (χ1n) is 7.95. The van der Waals surface area contributed by atoms with Gasteiger partial charge in [-0.05, 0) is 25.1 Å². The molecule has 3 aromatic heterocycles. The fraction of sp³-hybridized carbons (Fsp3) is 0.294. The van der Waals surface area contributed by atoms with Crippen molar-refractivity contribution in [2.75, 3.05) is 20.3 Å². The van der Waals surface area contributed by atoms with Crippen LogP contribution in [0.15, 0.2) is 35.3 Å². The molecule has 130 valence electrons. The van der Waals surface area contributed by atoms with E-state index in [1.165, 1.54) is 10.5 Å². The third kappa shape index (κ3) is 2.91. The molecular formula is C17H19N5O3. The number of carbonyl (C=O) groups is 1. The maximum atomic E-state index is 12.8. The van der Waals surface area contributed by atoms with E-state index in [1.54, 1.807) is 36.1 Å². The smallest absolute Gasteiger partial charge is 0.267 e. The Bertz CT molecular complexity index is 1070. The van der Waals surface area contributed by atoms with Gasteiger partial charge in [-0.15, -0.1) is 0 Å². The van der Waals surface area contributed by atoms with Crippen molar-refractivity contribution >= 4 is 22.6 Å². The van der Waals surface area contributed by atoms with Gasteiger partial charge in [0, 0.05) is 26.4 Å². The molecule has 8 nitrogen and oxygen atoms in total. The normalized spacial score (nSPS) is 11.1. The molecule has 0 fully saturated rings. The van der Waals surface area contributed by atoms with E-state index >= 15 is 0 Å². The van der Waals surface area contributed by atoms with E-state index in [9.17, 15) is 9.59 Å². The highest BCUT2D eigenvalue weighted by atomic mass is 16.5. The summed E-state index contributed by atoms with van der Waals surface area (Å²) < 4.78 is 7.90. The number of fused-ring (bicyclic) bond motifs is 2. The summed E-state index contributed by atoms with van der Waals surface area (Å²) in [4.78, 5) is 29.7. The van der Waals surface area contributed by atoms with Gasteiger partial charge in [0.2, 0.25) is 0 Å². The van der Waals surface area contributed by atoms with Crippen LogP contribution in [-0.2, 0) is 11.3 Å². The van der Waals surface area contributed by atoms with Crippen LogP contribution in [0.5, 0.6) is 0 Å². The van der Waals surface area contributed by atoms with Crippen molar-refractivity contribution in [3.05, 3.63) is 51.9 Å². The number of amides is 1. The van der Waals surface area contributed by atoms with Gasteiger partial charge in [-0.1, -0.05) is 6.07 Å². The van der Waals surface area contributed by atoms with Crippen LogP contribution in [0.25, 0.3) is 16.7 Å². The number of ether oxygens (including phenoxy) is 1. The Labute approximate surface area is 143 Å². The minimum Gasteiger partial charge on any atom is -0.383 e. The molecule has 0 aliphatic rings. The van der Waals surface area contributed by atoms with Gasteiger partial charge < -0.3 is 14.6 Å². The second-order valence-corrected chi connectivity index (χ2v) is 5.48. The molecule has 8 heteroatoms. The fourth-order valence-electron chi connectivity index (χ4n) is 2.73. The number of rotatable bonds is 5. The van der Waals surface area contributed by atoms with Crippen LogP contribution in [0.2, 0.25) is 0 Å². The summed E-state index contributed by atoms with van der Waals surface area (Å²) in [6.45, 7) is 2.96. The Hall–Kier alpha value is -3.00. The number of hydrogen-bond donors (Lipinski definition) is 2. The highest BCUT2D eigenvalue weighted by Crippen LogP contribution is 2.10. The third-order valence-corrected chi connectivity index (χ3v) is 3.97. The monoisotopic (exact) mass is 341 g/mol. The molecule has 0 bridgehead atoms. The largest absolute Gasteiger partial charge is 0.383 e. The van der Waals surface area contributed by atoms with Crippen LogP contribution in [0.3, 0.4) is 0 Å². The van der Waals surface area contributed by atoms with Gasteiger partial charge in [0.1, 0.15) is 16.8 Å². The predicted molar refractivity (Wildman–Crippen MR) is 92.7 cm³/mol. The highest BCUT2D eigenvalue weighted by molar-refractivity contribution is 5.96. The van der Waals surface area contributed by atoms with E-state index in [-0.39, 0.29) is 16.6 Å². The molecule has 0 spiro atoms. The summed E-state index contributed by atoms with van der Waals surface area (Å²) in [5.41, 5.74) is 0.794. The molecule has 3 heterocycles. The topological polar surface area (TPSA) is 101 Å². The molecule has 0 saturated carbocycles. The maximum Gasteiger partial charge on any atom is 0.267 e. The van der Waals surface area contributed by atoms with Crippen LogP contribution >= 0.6 is 0 Å². The van der Waals surface area contributed by atoms with E-state index in [1.807, 2.05) is 6.92 Å². The molecule has 0 aliphatic heterocycles. The second-order valence-electron chi connectivity index (χ2n) is 5.48. The number of methoxy groups -OCH3 is 1. The summed E-state index contributed by atoms with van der Waals surface area (Å²) in [6, 6.07) is 6.71. The van der Waals surface area contributed by atoms with Gasteiger partial charge in [0.15, 0.2) is 0 Å². The van der Waals surface area contributed by atoms with E-state index < -0.39 is 5.91 Å². The fourth-order valence-corrected chi connectivity index (χ4v) is 2.73. The van der Waals surface area contributed by atoms with Crippen LogP contribution in [0, 0.1) is 5.41 Å². The number of carbonyl (C=O) groups excluding carboxylic acids is 1. The van der Waals surface area contributed by atoms with Gasteiger partial charge in [-0.2, -0.15) is 0 Å². The average Bonchev–Trinajstić information content (AvgIpc) is 2.62. The lowest BCUT2D eigenvalue weighted by Crippen LogP contribution is -2.35. The lowest BCUT2D eigenvalue weighted by atomic mass is 10.2. The SMILES string of the molecule is CCn1c(=N)c(C(=O)NCCOC)cc2c(=O)n3ccccc3nc21. The summed E-state index contributed by atoms with van der Waals surface area (Å²) in [5, 5.41) is 11.3. The molecule has 0 aromatic carbocycles. The molecule has 0 saturated heterocycles. The molecule has 3 rings (SSSR count). The molecule has 1 amide bonds. The minimum atomic E-state index is -0.413. The molecule has 0 radical (unpaired) electrons. The summed E-state index contributed by atoms with van der Waals surface area (Å²) in [5.74, 6) is -0.413. The zero-order chi connectivity index (χ0) is 18.0. The van der Waals surface area contributed by atoms with Crippen molar-refractivity contribution in [3.8, 4) is 0 Å². The first-order valence-corrected chi connectivity index (χ1v) is 7.95. The van der Waals surface area contributed by atoms with Crippen molar-refractivity contribution < 1.29 is 9.53 Å². The Morgan fingerprint density at radius 3 is 2.92 bits per heavy atom. The Morgan fingerprint density at radius 2 is 2.20 bits per heavy atom. The number of nitrogens with zero attached hydrogens (tertiary/aromatic N) is 3. The van der Waals surface area contributed by atoms with E-state index in [0.717, 1.165) is 0 Å². The van der Waals surface area contributed by atoms with Crippen molar-refractivity contribution in [2.45, 2.75) is 13.5 Å². The number of hydrogen-bond acceptors (Lipinski definition) is 5. The molecule has 0 unspecified atom stereocenters. The lowest BCUT2D eigenvalue weighted by Gasteiger charge is -2.13. The predicted octanol–water partition coefficient (Wildman–Crippen LogP) is 0.525. The van der Waals surface area contributed by atoms with Crippen LogP contribution < -0.4 is 16.4 Å². The van der Waals surface area contributed by atoms with E-state index in [0.29, 0.717) is 36.4 Å². The molecule has 25 heavy (non-hydrogen) atoms.